The molecule has 3 aromatic rings. The van der Waals surface area contributed by atoms with Gasteiger partial charge in [0.25, 0.3) is 0 Å². The molecule has 1 amide bonds. The highest BCUT2D eigenvalue weighted by molar-refractivity contribution is 7.99. The Hall–Kier alpha value is -3.26. The molecule has 0 bridgehead atoms. The Morgan fingerprint density at radius 1 is 1.20 bits per heavy atom. The van der Waals surface area contributed by atoms with E-state index in [1.165, 1.54) is 11.8 Å². The summed E-state index contributed by atoms with van der Waals surface area (Å²) < 4.78 is 7.23. The summed E-state index contributed by atoms with van der Waals surface area (Å²) in [6.07, 6.45) is 1.79. The number of nitrogens with zero attached hydrogens (tertiary/aromatic N) is 4. The Balaban J connectivity index is 1.73. The number of methoxy groups -OCH3 is 1. The molecule has 156 valence electrons. The predicted molar refractivity (Wildman–Crippen MR) is 122 cm³/mol. The van der Waals surface area contributed by atoms with E-state index in [-0.39, 0.29) is 11.7 Å². The van der Waals surface area contributed by atoms with Crippen molar-refractivity contribution in [1.82, 2.24) is 14.8 Å². The summed E-state index contributed by atoms with van der Waals surface area (Å²) in [4.78, 5) is 14.5. The van der Waals surface area contributed by atoms with E-state index in [0.717, 1.165) is 17.1 Å². The number of carbonyl (C=O) groups is 1. The second-order valence-corrected chi connectivity index (χ2v) is 7.63. The number of anilines is 2. The van der Waals surface area contributed by atoms with Crippen molar-refractivity contribution in [3.05, 3.63) is 61.2 Å². The Morgan fingerprint density at radius 3 is 2.60 bits per heavy atom. The third-order valence-corrected chi connectivity index (χ3v) is 5.35. The van der Waals surface area contributed by atoms with E-state index in [2.05, 4.69) is 22.1 Å². The van der Waals surface area contributed by atoms with Gasteiger partial charge in [0.05, 0.1) is 18.6 Å². The van der Waals surface area contributed by atoms with E-state index < -0.39 is 0 Å². The number of nitrogens with one attached hydrogen (secondary N) is 1. The quantitative estimate of drug-likeness (QED) is 0.415. The molecule has 0 aliphatic heterocycles. The SMILES string of the molecule is C=CCn1c(SCC(=O)Nc2ccccc2OC)nnc1-c1ccc(N(C)C)cc1. The van der Waals surface area contributed by atoms with E-state index >= 15 is 0 Å². The molecule has 0 unspecified atom stereocenters. The zero-order valence-electron chi connectivity index (χ0n) is 17.3. The molecule has 1 aromatic heterocycles. The average molecular weight is 424 g/mol. The maximum absolute atomic E-state index is 12.4. The first-order chi connectivity index (χ1) is 14.5. The molecule has 1 heterocycles. The van der Waals surface area contributed by atoms with Gasteiger partial charge in [0.1, 0.15) is 5.75 Å². The number of ether oxygens (including phenoxy) is 1. The van der Waals surface area contributed by atoms with Crippen molar-refractivity contribution < 1.29 is 9.53 Å². The highest BCUT2D eigenvalue weighted by Gasteiger charge is 2.16. The van der Waals surface area contributed by atoms with E-state index in [0.29, 0.717) is 23.1 Å². The van der Waals surface area contributed by atoms with Crippen LogP contribution in [0.4, 0.5) is 11.4 Å². The summed E-state index contributed by atoms with van der Waals surface area (Å²) in [5.74, 6) is 1.42. The number of carbonyl (C=O) groups excluding carboxylic acids is 1. The van der Waals surface area contributed by atoms with Gasteiger partial charge in [-0.05, 0) is 36.4 Å². The molecule has 0 radical (unpaired) electrons. The molecule has 3 rings (SSSR count). The molecule has 8 heteroatoms. The minimum atomic E-state index is -0.144. The third kappa shape index (κ3) is 5.01. The van der Waals surface area contributed by atoms with Crippen molar-refractivity contribution in [1.29, 1.82) is 0 Å². The molecule has 2 aromatic carbocycles. The van der Waals surface area contributed by atoms with Crippen LogP contribution in [0.2, 0.25) is 0 Å². The van der Waals surface area contributed by atoms with Gasteiger partial charge in [-0.2, -0.15) is 0 Å². The second-order valence-electron chi connectivity index (χ2n) is 6.68. The van der Waals surface area contributed by atoms with Gasteiger partial charge < -0.3 is 15.0 Å². The number of aromatic nitrogens is 3. The van der Waals surface area contributed by atoms with Crippen molar-refractivity contribution in [3.8, 4) is 17.1 Å². The number of rotatable bonds is 9. The van der Waals surface area contributed by atoms with Gasteiger partial charge in [0.2, 0.25) is 5.91 Å². The zero-order valence-corrected chi connectivity index (χ0v) is 18.1. The largest absolute Gasteiger partial charge is 0.495 e. The Bertz CT molecular complexity index is 1010. The van der Waals surface area contributed by atoms with Crippen LogP contribution in [-0.2, 0) is 11.3 Å². The van der Waals surface area contributed by atoms with Crippen LogP contribution in [0.1, 0.15) is 0 Å². The van der Waals surface area contributed by atoms with Crippen molar-refractivity contribution in [3.63, 3.8) is 0 Å². The van der Waals surface area contributed by atoms with Crippen LogP contribution >= 0.6 is 11.8 Å². The number of allylic oxidation sites excluding steroid dienone is 1. The van der Waals surface area contributed by atoms with Gasteiger partial charge in [-0.25, -0.2) is 0 Å². The molecule has 0 aliphatic rings. The fraction of sp³-hybridized carbons (Fsp3) is 0.227. The molecule has 1 N–H and O–H groups in total. The van der Waals surface area contributed by atoms with Crippen molar-refractivity contribution >= 4 is 29.0 Å². The highest BCUT2D eigenvalue weighted by Crippen LogP contribution is 2.27. The molecule has 0 aliphatic carbocycles. The van der Waals surface area contributed by atoms with E-state index in [1.807, 2.05) is 60.0 Å². The first-order valence-electron chi connectivity index (χ1n) is 9.41. The number of hydrogen-bond acceptors (Lipinski definition) is 6. The van der Waals surface area contributed by atoms with Crippen molar-refractivity contribution in [2.45, 2.75) is 11.7 Å². The fourth-order valence-electron chi connectivity index (χ4n) is 2.88. The standard InChI is InChI=1S/C22H25N5O2S/c1-5-14-27-21(16-10-12-17(13-11-16)26(2)3)24-25-22(27)30-15-20(28)23-18-8-6-7-9-19(18)29-4/h5-13H,1,14-15H2,2-4H3,(H,23,28). The molecule has 0 atom stereocenters. The summed E-state index contributed by atoms with van der Waals surface area (Å²) in [5, 5.41) is 12.2. The highest BCUT2D eigenvalue weighted by atomic mass is 32.2. The minimum absolute atomic E-state index is 0.144. The van der Waals surface area contributed by atoms with Gasteiger partial charge in [0.15, 0.2) is 11.0 Å². The van der Waals surface area contributed by atoms with Gasteiger partial charge in [-0.3, -0.25) is 9.36 Å². The smallest absolute Gasteiger partial charge is 0.234 e. The second kappa shape index (κ2) is 9.98. The lowest BCUT2D eigenvalue weighted by molar-refractivity contribution is -0.113. The fourth-order valence-corrected chi connectivity index (χ4v) is 3.62. The van der Waals surface area contributed by atoms with Crippen LogP contribution in [-0.4, -0.2) is 47.6 Å². The molecule has 7 nitrogen and oxygen atoms in total. The van der Waals surface area contributed by atoms with Crippen LogP contribution in [0, 0.1) is 0 Å². The molecule has 0 saturated heterocycles. The van der Waals surface area contributed by atoms with Crippen LogP contribution in [0.15, 0.2) is 66.3 Å². The third-order valence-electron chi connectivity index (χ3n) is 4.38. The number of thioether (sulfide) groups is 1. The number of hydrogen-bond donors (Lipinski definition) is 1. The number of para-hydroxylation sites is 2. The molecular formula is C22H25N5O2S. The summed E-state index contributed by atoms with van der Waals surface area (Å²) >= 11 is 1.33. The summed E-state index contributed by atoms with van der Waals surface area (Å²) in [6.45, 7) is 4.38. The van der Waals surface area contributed by atoms with E-state index in [4.69, 9.17) is 4.74 Å². The van der Waals surface area contributed by atoms with Gasteiger partial charge in [0, 0.05) is 31.9 Å². The van der Waals surface area contributed by atoms with E-state index in [1.54, 1.807) is 25.3 Å². The van der Waals surface area contributed by atoms with Crippen LogP contribution in [0.5, 0.6) is 5.75 Å². The minimum Gasteiger partial charge on any atom is -0.495 e. The molecule has 30 heavy (non-hydrogen) atoms. The number of amides is 1. The van der Waals surface area contributed by atoms with Gasteiger partial charge in [-0.15, -0.1) is 16.8 Å². The van der Waals surface area contributed by atoms with Gasteiger partial charge >= 0.3 is 0 Å². The first kappa shape index (κ1) is 21.4. The Morgan fingerprint density at radius 2 is 1.93 bits per heavy atom. The van der Waals surface area contributed by atoms with E-state index in [9.17, 15) is 4.79 Å². The first-order valence-corrected chi connectivity index (χ1v) is 10.4. The van der Waals surface area contributed by atoms with Crippen LogP contribution < -0.4 is 15.0 Å². The normalized spacial score (nSPS) is 10.5. The molecule has 0 spiro atoms. The maximum atomic E-state index is 12.4. The lowest BCUT2D eigenvalue weighted by atomic mass is 10.2. The van der Waals surface area contributed by atoms with Crippen LogP contribution in [0.25, 0.3) is 11.4 Å². The Kier molecular flexibility index (Phi) is 7.13. The molecule has 0 fully saturated rings. The summed E-state index contributed by atoms with van der Waals surface area (Å²) in [6, 6.07) is 15.4. The molecular weight excluding hydrogens is 398 g/mol. The van der Waals surface area contributed by atoms with Crippen LogP contribution in [0.3, 0.4) is 0 Å². The maximum Gasteiger partial charge on any atom is 0.234 e. The Labute approximate surface area is 180 Å². The number of benzene rings is 2. The van der Waals surface area contributed by atoms with Crippen molar-refractivity contribution in [2.75, 3.05) is 37.2 Å². The average Bonchev–Trinajstić information content (AvgIpc) is 3.15. The molecule has 0 saturated carbocycles. The lowest BCUT2D eigenvalue weighted by Gasteiger charge is -2.13. The predicted octanol–water partition coefficient (Wildman–Crippen LogP) is 3.94. The van der Waals surface area contributed by atoms with Crippen molar-refractivity contribution in [2.24, 2.45) is 0 Å². The summed E-state index contributed by atoms with van der Waals surface area (Å²) in [7, 11) is 5.57. The topological polar surface area (TPSA) is 72.3 Å². The van der Waals surface area contributed by atoms with Gasteiger partial charge in [-0.1, -0.05) is 30.0 Å². The monoisotopic (exact) mass is 423 g/mol. The summed E-state index contributed by atoms with van der Waals surface area (Å²) in [5.41, 5.74) is 2.70. The lowest BCUT2D eigenvalue weighted by Crippen LogP contribution is -2.15. The zero-order chi connectivity index (χ0) is 21.5.